The Morgan fingerprint density at radius 3 is 2.64 bits per heavy atom. The van der Waals surface area contributed by atoms with E-state index in [1.165, 1.54) is 12.1 Å². The van der Waals surface area contributed by atoms with E-state index >= 15 is 0 Å². The minimum atomic E-state index is -0.458. The number of urea groups is 1. The van der Waals surface area contributed by atoms with Crippen molar-refractivity contribution in [2.75, 3.05) is 58.3 Å². The number of ether oxygens (including phenoxy) is 1. The fourth-order valence-corrected chi connectivity index (χ4v) is 2.66. The fourth-order valence-electron chi connectivity index (χ4n) is 2.45. The molecule has 0 unspecified atom stereocenters. The molecule has 0 aliphatic carbocycles. The van der Waals surface area contributed by atoms with Crippen molar-refractivity contribution < 1.29 is 18.7 Å². The summed E-state index contributed by atoms with van der Waals surface area (Å²) in [6, 6.07) is 3.52. The number of rotatable bonds is 6. The van der Waals surface area contributed by atoms with Gasteiger partial charge in [-0.25, -0.2) is 9.18 Å². The highest BCUT2D eigenvalue weighted by atomic mass is 35.5. The molecule has 0 saturated carbocycles. The number of benzene rings is 1. The maximum atomic E-state index is 13.0. The van der Waals surface area contributed by atoms with Gasteiger partial charge in [0, 0.05) is 39.8 Å². The summed E-state index contributed by atoms with van der Waals surface area (Å²) in [6.45, 7) is 3.45. The number of carbonyl (C=O) groups excluding carboxylic acids is 2. The van der Waals surface area contributed by atoms with Gasteiger partial charge in [0.15, 0.2) is 0 Å². The molecule has 9 heteroatoms. The van der Waals surface area contributed by atoms with Gasteiger partial charge in [0.25, 0.3) is 0 Å². The zero-order chi connectivity index (χ0) is 18.2. The largest absolute Gasteiger partial charge is 0.383 e. The molecule has 7 nitrogen and oxygen atoms in total. The minimum absolute atomic E-state index is 0.0620. The fraction of sp³-hybridized carbons (Fsp3) is 0.500. The summed E-state index contributed by atoms with van der Waals surface area (Å²) in [6.07, 6.45) is 0. The molecular weight excluding hydrogens is 351 g/mol. The second-order valence-corrected chi connectivity index (χ2v) is 6.07. The molecule has 1 aliphatic heterocycles. The van der Waals surface area contributed by atoms with E-state index in [2.05, 4.69) is 10.6 Å². The van der Waals surface area contributed by atoms with Crippen molar-refractivity contribution in [2.45, 2.75) is 0 Å². The van der Waals surface area contributed by atoms with Crippen LogP contribution in [-0.2, 0) is 9.53 Å². The summed E-state index contributed by atoms with van der Waals surface area (Å²) in [5.41, 5.74) is 0.369. The Balaban J connectivity index is 1.75. The van der Waals surface area contributed by atoms with E-state index in [1.54, 1.807) is 12.0 Å². The maximum absolute atomic E-state index is 13.0. The van der Waals surface area contributed by atoms with Gasteiger partial charge < -0.3 is 20.3 Å². The maximum Gasteiger partial charge on any atom is 0.321 e. The van der Waals surface area contributed by atoms with E-state index in [-0.39, 0.29) is 17.0 Å². The summed E-state index contributed by atoms with van der Waals surface area (Å²) in [5, 5.41) is 5.59. The average molecular weight is 373 g/mol. The third kappa shape index (κ3) is 6.15. The molecule has 2 rings (SSSR count). The summed E-state index contributed by atoms with van der Waals surface area (Å²) in [4.78, 5) is 27.6. The van der Waals surface area contributed by atoms with Gasteiger partial charge in [-0.05, 0) is 18.2 Å². The lowest BCUT2D eigenvalue weighted by atomic mass is 10.3. The van der Waals surface area contributed by atoms with Crippen LogP contribution in [0.15, 0.2) is 18.2 Å². The Bertz CT molecular complexity index is 609. The molecule has 1 aliphatic rings. The SMILES string of the molecule is COCCNC(=O)CN1CCN(C(=O)Nc2ccc(F)cc2Cl)CC1. The van der Waals surface area contributed by atoms with Crippen LogP contribution in [0.3, 0.4) is 0 Å². The van der Waals surface area contributed by atoms with Crippen LogP contribution in [0.4, 0.5) is 14.9 Å². The predicted molar refractivity (Wildman–Crippen MR) is 93.3 cm³/mol. The lowest BCUT2D eigenvalue weighted by Crippen LogP contribution is -2.52. The first-order valence-corrected chi connectivity index (χ1v) is 8.36. The van der Waals surface area contributed by atoms with E-state index in [1.807, 2.05) is 4.90 Å². The van der Waals surface area contributed by atoms with Gasteiger partial charge in [0.2, 0.25) is 5.91 Å². The quantitative estimate of drug-likeness (QED) is 0.740. The van der Waals surface area contributed by atoms with Crippen LogP contribution in [0.2, 0.25) is 5.02 Å². The average Bonchev–Trinajstić information content (AvgIpc) is 2.58. The summed E-state index contributed by atoms with van der Waals surface area (Å²) < 4.78 is 17.9. The van der Waals surface area contributed by atoms with Gasteiger partial charge in [-0.1, -0.05) is 11.6 Å². The number of hydrogen-bond donors (Lipinski definition) is 2. The highest BCUT2D eigenvalue weighted by Gasteiger charge is 2.22. The van der Waals surface area contributed by atoms with Gasteiger partial charge in [0.05, 0.1) is 23.9 Å². The zero-order valence-electron chi connectivity index (χ0n) is 14.1. The van der Waals surface area contributed by atoms with Crippen molar-refractivity contribution in [1.29, 1.82) is 0 Å². The lowest BCUT2D eigenvalue weighted by molar-refractivity contribution is -0.122. The highest BCUT2D eigenvalue weighted by Crippen LogP contribution is 2.22. The molecule has 1 heterocycles. The smallest absolute Gasteiger partial charge is 0.321 e. The molecule has 0 bridgehead atoms. The molecule has 25 heavy (non-hydrogen) atoms. The van der Waals surface area contributed by atoms with Gasteiger partial charge in [-0.15, -0.1) is 0 Å². The molecular formula is C16H22ClFN4O3. The van der Waals surface area contributed by atoms with Gasteiger partial charge in [0.1, 0.15) is 5.82 Å². The molecule has 0 aromatic heterocycles. The molecule has 1 aromatic carbocycles. The first kappa shape index (κ1) is 19.4. The monoisotopic (exact) mass is 372 g/mol. The van der Waals surface area contributed by atoms with Crippen molar-refractivity contribution in [3.63, 3.8) is 0 Å². The van der Waals surface area contributed by atoms with Crippen molar-refractivity contribution in [3.8, 4) is 0 Å². The Kier molecular flexibility index (Phi) is 7.42. The highest BCUT2D eigenvalue weighted by molar-refractivity contribution is 6.33. The predicted octanol–water partition coefficient (Wildman–Crippen LogP) is 1.39. The number of anilines is 1. The van der Waals surface area contributed by atoms with Crippen molar-refractivity contribution in [2.24, 2.45) is 0 Å². The zero-order valence-corrected chi connectivity index (χ0v) is 14.8. The normalized spacial score (nSPS) is 15.1. The van der Waals surface area contributed by atoms with Crippen LogP contribution in [0, 0.1) is 5.82 Å². The first-order chi connectivity index (χ1) is 12.0. The number of piperazine rings is 1. The molecule has 3 amide bonds. The summed E-state index contributed by atoms with van der Waals surface area (Å²) >= 11 is 5.91. The Morgan fingerprint density at radius 1 is 1.28 bits per heavy atom. The van der Waals surface area contributed by atoms with Gasteiger partial charge in [-0.3, -0.25) is 9.69 Å². The van der Waals surface area contributed by atoms with E-state index in [4.69, 9.17) is 16.3 Å². The standard InChI is InChI=1S/C16H22ClFN4O3/c1-25-9-4-19-15(23)11-21-5-7-22(8-6-21)16(24)20-14-3-2-12(18)10-13(14)17/h2-3,10H,4-9,11H2,1H3,(H,19,23)(H,20,24). The second-order valence-electron chi connectivity index (χ2n) is 5.66. The van der Waals surface area contributed by atoms with Crippen molar-refractivity contribution >= 4 is 29.2 Å². The number of amides is 3. The van der Waals surface area contributed by atoms with Crippen LogP contribution in [0.5, 0.6) is 0 Å². The molecule has 0 spiro atoms. The van der Waals surface area contributed by atoms with Crippen LogP contribution in [0.25, 0.3) is 0 Å². The van der Waals surface area contributed by atoms with E-state index in [0.717, 1.165) is 6.07 Å². The van der Waals surface area contributed by atoms with E-state index < -0.39 is 5.82 Å². The summed E-state index contributed by atoms with van der Waals surface area (Å²) in [7, 11) is 1.58. The number of halogens is 2. The number of hydrogen-bond acceptors (Lipinski definition) is 4. The molecule has 1 saturated heterocycles. The molecule has 2 N–H and O–H groups in total. The lowest BCUT2D eigenvalue weighted by Gasteiger charge is -2.34. The van der Waals surface area contributed by atoms with Crippen LogP contribution >= 0.6 is 11.6 Å². The Morgan fingerprint density at radius 2 is 2.00 bits per heavy atom. The number of nitrogens with one attached hydrogen (secondary N) is 2. The van der Waals surface area contributed by atoms with Crippen LogP contribution < -0.4 is 10.6 Å². The van der Waals surface area contributed by atoms with Crippen molar-refractivity contribution in [3.05, 3.63) is 29.0 Å². The van der Waals surface area contributed by atoms with Gasteiger partial charge in [-0.2, -0.15) is 0 Å². The summed E-state index contributed by atoms with van der Waals surface area (Å²) in [5.74, 6) is -0.520. The molecule has 138 valence electrons. The number of carbonyl (C=O) groups is 2. The van der Waals surface area contributed by atoms with Gasteiger partial charge >= 0.3 is 6.03 Å². The van der Waals surface area contributed by atoms with E-state index in [0.29, 0.717) is 51.6 Å². The number of nitrogens with zero attached hydrogens (tertiary/aromatic N) is 2. The Hall–Kier alpha value is -1.90. The topological polar surface area (TPSA) is 73.9 Å². The van der Waals surface area contributed by atoms with E-state index in [9.17, 15) is 14.0 Å². The minimum Gasteiger partial charge on any atom is -0.383 e. The first-order valence-electron chi connectivity index (χ1n) is 7.98. The third-order valence-corrected chi connectivity index (χ3v) is 4.14. The molecule has 0 radical (unpaired) electrons. The van der Waals surface area contributed by atoms with Crippen molar-refractivity contribution in [1.82, 2.24) is 15.1 Å². The molecule has 1 aromatic rings. The van der Waals surface area contributed by atoms with Crippen LogP contribution in [-0.4, -0.2) is 74.7 Å². The molecule has 0 atom stereocenters. The second kappa shape index (κ2) is 9.55. The number of methoxy groups -OCH3 is 1. The van der Waals surface area contributed by atoms with Crippen LogP contribution in [0.1, 0.15) is 0 Å². The molecule has 1 fully saturated rings. The third-order valence-electron chi connectivity index (χ3n) is 3.83. The Labute approximate surface area is 151 Å².